The molecule has 1 fully saturated rings. The molecular weight excluding hydrogens is 462 g/mol. The Balaban J connectivity index is 1.35. The summed E-state index contributed by atoms with van der Waals surface area (Å²) in [5.74, 6) is 0.444. The Kier molecular flexibility index (Phi) is 6.68. The number of pyridine rings is 1. The smallest absolute Gasteiger partial charge is 0.253 e. The van der Waals surface area contributed by atoms with Crippen LogP contribution in [0.25, 0.3) is 10.9 Å². The molecular formula is C27H26ClN5O2. The SMILES string of the molecule is O=C(N[C@H](Cc1c[nH]c2ccccc12)C(=O)N1CCN(c2ccccn2)CC1)c1ccccc1Cl. The minimum absolute atomic E-state index is 0.101. The van der Waals surface area contributed by atoms with Gasteiger partial charge in [0, 0.05) is 55.9 Å². The van der Waals surface area contributed by atoms with Crippen molar-refractivity contribution < 1.29 is 9.59 Å². The summed E-state index contributed by atoms with van der Waals surface area (Å²) < 4.78 is 0. The first-order valence-corrected chi connectivity index (χ1v) is 12.0. The van der Waals surface area contributed by atoms with Crippen LogP contribution in [0.2, 0.25) is 5.02 Å². The number of piperazine rings is 1. The van der Waals surface area contributed by atoms with Gasteiger partial charge in [0.25, 0.3) is 5.91 Å². The van der Waals surface area contributed by atoms with Crippen molar-refractivity contribution in [3.8, 4) is 0 Å². The molecule has 1 saturated heterocycles. The Hall–Kier alpha value is -3.84. The number of carbonyl (C=O) groups excluding carboxylic acids is 2. The number of rotatable bonds is 6. The zero-order valence-corrected chi connectivity index (χ0v) is 19.9. The first-order chi connectivity index (χ1) is 17.1. The molecule has 7 nitrogen and oxygen atoms in total. The van der Waals surface area contributed by atoms with Gasteiger partial charge in [0.1, 0.15) is 11.9 Å². The summed E-state index contributed by atoms with van der Waals surface area (Å²) in [6, 6.07) is 19.9. The molecule has 1 atom stereocenters. The number of amides is 2. The lowest BCUT2D eigenvalue weighted by Crippen LogP contribution is -2.55. The summed E-state index contributed by atoms with van der Waals surface area (Å²) in [7, 11) is 0. The summed E-state index contributed by atoms with van der Waals surface area (Å²) in [5, 5.41) is 4.36. The first-order valence-electron chi connectivity index (χ1n) is 11.7. The normalized spacial score (nSPS) is 14.7. The van der Waals surface area contributed by atoms with E-state index in [1.807, 2.05) is 53.6 Å². The van der Waals surface area contributed by atoms with E-state index in [9.17, 15) is 9.59 Å². The van der Waals surface area contributed by atoms with Crippen LogP contribution in [-0.2, 0) is 11.2 Å². The second kappa shape index (κ2) is 10.2. The molecule has 4 aromatic rings. The Morgan fingerprint density at radius 3 is 2.49 bits per heavy atom. The standard InChI is InChI=1S/C27H26ClN5O2/c28-22-9-3-1-8-21(22)26(34)31-24(17-19-18-30-23-10-4-2-7-20(19)23)27(35)33-15-13-32(14-16-33)25-11-5-6-12-29-25/h1-12,18,24,30H,13-17H2,(H,31,34)/t24-/m1/s1. The summed E-state index contributed by atoms with van der Waals surface area (Å²) in [6.07, 6.45) is 4.05. The summed E-state index contributed by atoms with van der Waals surface area (Å²) in [5.41, 5.74) is 2.33. The molecule has 0 radical (unpaired) electrons. The van der Waals surface area contributed by atoms with Gasteiger partial charge in [-0.3, -0.25) is 9.59 Å². The number of anilines is 1. The van der Waals surface area contributed by atoms with Gasteiger partial charge in [-0.2, -0.15) is 0 Å². The average Bonchev–Trinajstić information content (AvgIpc) is 3.31. The minimum atomic E-state index is -0.723. The lowest BCUT2D eigenvalue weighted by atomic mass is 10.0. The van der Waals surface area contributed by atoms with Crippen LogP contribution < -0.4 is 10.2 Å². The minimum Gasteiger partial charge on any atom is -0.361 e. The number of fused-ring (bicyclic) bond motifs is 1. The molecule has 0 bridgehead atoms. The molecule has 3 heterocycles. The predicted molar refractivity (Wildman–Crippen MR) is 138 cm³/mol. The lowest BCUT2D eigenvalue weighted by Gasteiger charge is -2.37. The number of nitrogens with one attached hydrogen (secondary N) is 2. The fourth-order valence-electron chi connectivity index (χ4n) is 4.52. The van der Waals surface area contributed by atoms with Crippen LogP contribution in [0.3, 0.4) is 0 Å². The molecule has 1 aliphatic heterocycles. The molecule has 0 aliphatic carbocycles. The van der Waals surface area contributed by atoms with Gasteiger partial charge in [-0.05, 0) is 35.9 Å². The van der Waals surface area contributed by atoms with Crippen molar-refractivity contribution in [3.63, 3.8) is 0 Å². The molecule has 2 amide bonds. The van der Waals surface area contributed by atoms with E-state index in [2.05, 4.69) is 20.2 Å². The van der Waals surface area contributed by atoms with Gasteiger partial charge in [-0.15, -0.1) is 0 Å². The third kappa shape index (κ3) is 5.00. The van der Waals surface area contributed by atoms with Crippen molar-refractivity contribution in [3.05, 3.63) is 95.3 Å². The van der Waals surface area contributed by atoms with Crippen molar-refractivity contribution in [2.45, 2.75) is 12.5 Å². The molecule has 0 spiro atoms. The van der Waals surface area contributed by atoms with Crippen molar-refractivity contribution in [1.29, 1.82) is 0 Å². The fraction of sp³-hybridized carbons (Fsp3) is 0.222. The second-order valence-corrected chi connectivity index (χ2v) is 8.98. The highest BCUT2D eigenvalue weighted by molar-refractivity contribution is 6.33. The van der Waals surface area contributed by atoms with Gasteiger partial charge in [0.15, 0.2) is 0 Å². The largest absolute Gasteiger partial charge is 0.361 e. The third-order valence-corrected chi connectivity index (χ3v) is 6.72. The molecule has 35 heavy (non-hydrogen) atoms. The van der Waals surface area contributed by atoms with E-state index < -0.39 is 6.04 Å². The number of nitrogens with zero attached hydrogens (tertiary/aromatic N) is 3. The van der Waals surface area contributed by atoms with E-state index >= 15 is 0 Å². The number of para-hydroxylation sites is 1. The molecule has 5 rings (SSSR count). The Bertz CT molecular complexity index is 1330. The third-order valence-electron chi connectivity index (χ3n) is 6.39. The first kappa shape index (κ1) is 22.9. The number of halogens is 1. The van der Waals surface area contributed by atoms with E-state index in [0.717, 1.165) is 22.3 Å². The number of hydrogen-bond donors (Lipinski definition) is 2. The van der Waals surface area contributed by atoms with Gasteiger partial charge in [0.2, 0.25) is 5.91 Å². The number of hydrogen-bond acceptors (Lipinski definition) is 4. The van der Waals surface area contributed by atoms with E-state index in [4.69, 9.17) is 11.6 Å². The number of benzene rings is 2. The Labute approximate surface area is 208 Å². The zero-order chi connectivity index (χ0) is 24.2. The van der Waals surface area contributed by atoms with E-state index in [0.29, 0.717) is 43.2 Å². The van der Waals surface area contributed by atoms with E-state index in [1.54, 1.807) is 30.5 Å². The molecule has 2 aromatic carbocycles. The predicted octanol–water partition coefficient (Wildman–Crippen LogP) is 3.91. The van der Waals surface area contributed by atoms with Crippen molar-refractivity contribution >= 4 is 40.1 Å². The van der Waals surface area contributed by atoms with Gasteiger partial charge >= 0.3 is 0 Å². The number of H-pyrrole nitrogens is 1. The molecule has 0 unspecified atom stereocenters. The number of aromatic nitrogens is 2. The molecule has 1 aliphatic rings. The maximum Gasteiger partial charge on any atom is 0.253 e. The van der Waals surface area contributed by atoms with E-state index in [-0.39, 0.29) is 11.8 Å². The maximum atomic E-state index is 13.7. The van der Waals surface area contributed by atoms with Crippen LogP contribution in [-0.4, -0.2) is 58.9 Å². The molecule has 0 saturated carbocycles. The van der Waals surface area contributed by atoms with Crippen LogP contribution in [0.4, 0.5) is 5.82 Å². The van der Waals surface area contributed by atoms with Crippen molar-refractivity contribution in [2.75, 3.05) is 31.1 Å². The van der Waals surface area contributed by atoms with Crippen LogP contribution in [0.1, 0.15) is 15.9 Å². The van der Waals surface area contributed by atoms with Gasteiger partial charge < -0.3 is 20.1 Å². The lowest BCUT2D eigenvalue weighted by molar-refractivity contribution is -0.133. The van der Waals surface area contributed by atoms with Gasteiger partial charge in [-0.25, -0.2) is 4.98 Å². The summed E-state index contributed by atoms with van der Waals surface area (Å²) in [6.45, 7) is 2.48. The van der Waals surface area contributed by atoms with Crippen molar-refractivity contribution in [1.82, 2.24) is 20.2 Å². The van der Waals surface area contributed by atoms with Gasteiger partial charge in [0.05, 0.1) is 10.6 Å². The van der Waals surface area contributed by atoms with Crippen LogP contribution in [0, 0.1) is 0 Å². The van der Waals surface area contributed by atoms with Crippen molar-refractivity contribution in [2.24, 2.45) is 0 Å². The highest BCUT2D eigenvalue weighted by atomic mass is 35.5. The summed E-state index contributed by atoms with van der Waals surface area (Å²) in [4.78, 5) is 38.5. The highest BCUT2D eigenvalue weighted by Crippen LogP contribution is 2.21. The Morgan fingerprint density at radius 1 is 0.971 bits per heavy atom. The highest BCUT2D eigenvalue weighted by Gasteiger charge is 2.30. The average molecular weight is 488 g/mol. The van der Waals surface area contributed by atoms with Crippen LogP contribution in [0.5, 0.6) is 0 Å². The van der Waals surface area contributed by atoms with Gasteiger partial charge in [-0.1, -0.05) is 48.0 Å². The second-order valence-electron chi connectivity index (χ2n) is 8.57. The fourth-order valence-corrected chi connectivity index (χ4v) is 4.74. The number of carbonyl (C=O) groups is 2. The van der Waals surface area contributed by atoms with Crippen LogP contribution >= 0.6 is 11.6 Å². The molecule has 2 aromatic heterocycles. The molecule has 8 heteroatoms. The van der Waals surface area contributed by atoms with Crippen LogP contribution in [0.15, 0.2) is 79.1 Å². The summed E-state index contributed by atoms with van der Waals surface area (Å²) >= 11 is 6.25. The molecule has 2 N–H and O–H groups in total. The topological polar surface area (TPSA) is 81.3 Å². The quantitative estimate of drug-likeness (QED) is 0.432. The van der Waals surface area contributed by atoms with E-state index in [1.165, 1.54) is 0 Å². The maximum absolute atomic E-state index is 13.7. The molecule has 178 valence electrons. The Morgan fingerprint density at radius 2 is 1.71 bits per heavy atom. The monoisotopic (exact) mass is 487 g/mol. The number of aromatic amines is 1. The zero-order valence-electron chi connectivity index (χ0n) is 19.2.